The normalized spacial score (nSPS) is 31.8. The first-order chi connectivity index (χ1) is 9.43. The molecule has 0 aromatic carbocycles. The van der Waals surface area contributed by atoms with E-state index in [1.54, 1.807) is 4.90 Å². The lowest BCUT2D eigenvalue weighted by molar-refractivity contribution is -0.133. The highest BCUT2D eigenvalue weighted by Gasteiger charge is 2.44. The second-order valence-corrected chi connectivity index (χ2v) is 6.18. The third-order valence-corrected chi connectivity index (χ3v) is 4.91. The zero-order chi connectivity index (χ0) is 14.9. The molecule has 0 radical (unpaired) electrons. The molecule has 5 atom stereocenters. The van der Waals surface area contributed by atoms with Gasteiger partial charge in [0, 0.05) is 19.0 Å². The molecule has 1 heterocycles. The van der Waals surface area contributed by atoms with Crippen LogP contribution in [0.3, 0.4) is 0 Å². The Morgan fingerprint density at radius 2 is 2.10 bits per heavy atom. The number of carbonyl (C=O) groups is 2. The third kappa shape index (κ3) is 2.90. The maximum Gasteiger partial charge on any atom is 0.312 e. The predicted octanol–water partition coefficient (Wildman–Crippen LogP) is 0.299. The van der Waals surface area contributed by atoms with Crippen LogP contribution in [-0.4, -0.2) is 47.2 Å². The molecule has 3 amide bonds. The highest BCUT2D eigenvalue weighted by Crippen LogP contribution is 2.38. The van der Waals surface area contributed by atoms with Crippen LogP contribution in [0.5, 0.6) is 0 Å². The summed E-state index contributed by atoms with van der Waals surface area (Å²) in [4.78, 5) is 25.5. The Kier molecular flexibility index (Phi) is 4.52. The minimum absolute atomic E-state index is 0.0420. The van der Waals surface area contributed by atoms with E-state index in [0.717, 1.165) is 19.3 Å². The average Bonchev–Trinajstić information content (AvgIpc) is 2.97. The Balaban J connectivity index is 2.03. The second-order valence-electron chi connectivity index (χ2n) is 6.18. The van der Waals surface area contributed by atoms with Crippen LogP contribution in [0.4, 0.5) is 4.79 Å². The van der Waals surface area contributed by atoms with Crippen LogP contribution in [0.2, 0.25) is 0 Å². The van der Waals surface area contributed by atoms with E-state index in [1.807, 2.05) is 13.8 Å². The number of nitrogens with two attached hydrogens (primary N) is 1. The van der Waals surface area contributed by atoms with Crippen molar-refractivity contribution in [2.45, 2.75) is 45.3 Å². The largest absolute Gasteiger partial charge is 0.393 e. The lowest BCUT2D eigenvalue weighted by Crippen LogP contribution is -2.52. The standard InChI is InChI=1S/C14H25N3O3/c1-3-8(2)12(16-14(15)20)13(19)17-6-9-4-5-11(18)10(9)7-17/h8-12,18H,3-7H2,1-2H3,(H3,15,16,20). The van der Waals surface area contributed by atoms with Crippen molar-refractivity contribution in [2.24, 2.45) is 23.5 Å². The highest BCUT2D eigenvalue weighted by molar-refractivity contribution is 5.87. The molecular weight excluding hydrogens is 258 g/mol. The Morgan fingerprint density at radius 1 is 1.40 bits per heavy atom. The fraction of sp³-hybridized carbons (Fsp3) is 0.857. The Bertz CT molecular complexity index is 388. The van der Waals surface area contributed by atoms with E-state index in [2.05, 4.69) is 5.32 Å². The summed E-state index contributed by atoms with van der Waals surface area (Å²) in [5.74, 6) is 0.574. The number of nitrogens with zero attached hydrogens (tertiary/aromatic N) is 1. The molecule has 1 aliphatic heterocycles. The van der Waals surface area contributed by atoms with E-state index in [0.29, 0.717) is 19.0 Å². The van der Waals surface area contributed by atoms with Crippen molar-refractivity contribution in [1.82, 2.24) is 10.2 Å². The number of carbonyl (C=O) groups excluding carboxylic acids is 2. The molecule has 5 unspecified atom stereocenters. The first kappa shape index (κ1) is 15.1. The van der Waals surface area contributed by atoms with Crippen molar-refractivity contribution < 1.29 is 14.7 Å². The summed E-state index contributed by atoms with van der Waals surface area (Å²) in [5.41, 5.74) is 5.18. The molecule has 114 valence electrons. The van der Waals surface area contributed by atoms with Crippen molar-refractivity contribution in [1.29, 1.82) is 0 Å². The summed E-state index contributed by atoms with van der Waals surface area (Å²) >= 11 is 0. The fourth-order valence-electron chi connectivity index (χ4n) is 3.45. The quantitative estimate of drug-likeness (QED) is 0.692. The van der Waals surface area contributed by atoms with Crippen molar-refractivity contribution >= 4 is 11.9 Å². The molecule has 20 heavy (non-hydrogen) atoms. The van der Waals surface area contributed by atoms with E-state index in [4.69, 9.17) is 5.73 Å². The summed E-state index contributed by atoms with van der Waals surface area (Å²) in [7, 11) is 0. The van der Waals surface area contributed by atoms with Crippen molar-refractivity contribution in [3.63, 3.8) is 0 Å². The first-order valence-corrected chi connectivity index (χ1v) is 7.46. The maximum absolute atomic E-state index is 12.6. The summed E-state index contributed by atoms with van der Waals surface area (Å²) in [6, 6.07) is -1.23. The molecule has 1 saturated carbocycles. The Morgan fingerprint density at radius 3 is 2.65 bits per heavy atom. The first-order valence-electron chi connectivity index (χ1n) is 7.46. The number of nitrogens with one attached hydrogen (secondary N) is 1. The van der Waals surface area contributed by atoms with Gasteiger partial charge in [-0.25, -0.2) is 4.79 Å². The summed E-state index contributed by atoms with van der Waals surface area (Å²) in [6.45, 7) is 5.20. The zero-order valence-corrected chi connectivity index (χ0v) is 12.2. The molecule has 2 aliphatic rings. The van der Waals surface area contributed by atoms with Gasteiger partial charge in [0.05, 0.1) is 6.10 Å². The van der Waals surface area contributed by atoms with Gasteiger partial charge in [-0.2, -0.15) is 0 Å². The Hall–Kier alpha value is -1.30. The molecule has 2 fully saturated rings. The van der Waals surface area contributed by atoms with Crippen molar-refractivity contribution in [3.8, 4) is 0 Å². The number of fused-ring (bicyclic) bond motifs is 1. The van der Waals surface area contributed by atoms with E-state index in [9.17, 15) is 14.7 Å². The van der Waals surface area contributed by atoms with Crippen LogP contribution < -0.4 is 11.1 Å². The van der Waals surface area contributed by atoms with Gasteiger partial charge in [-0.3, -0.25) is 4.79 Å². The van der Waals surface area contributed by atoms with Crippen LogP contribution in [0.1, 0.15) is 33.1 Å². The van der Waals surface area contributed by atoms with Gasteiger partial charge in [-0.1, -0.05) is 20.3 Å². The number of hydrogen-bond donors (Lipinski definition) is 3. The maximum atomic E-state index is 12.6. The molecule has 0 bridgehead atoms. The van der Waals surface area contributed by atoms with Crippen molar-refractivity contribution in [2.75, 3.05) is 13.1 Å². The van der Waals surface area contributed by atoms with Gasteiger partial charge in [-0.05, 0) is 24.7 Å². The lowest BCUT2D eigenvalue weighted by atomic mass is 9.98. The minimum atomic E-state index is -0.664. The van der Waals surface area contributed by atoms with E-state index in [-0.39, 0.29) is 23.8 Å². The monoisotopic (exact) mass is 283 g/mol. The number of aliphatic hydroxyl groups excluding tert-OH is 1. The summed E-state index contributed by atoms with van der Waals surface area (Å²) in [5, 5.41) is 12.5. The van der Waals surface area contributed by atoms with Crippen LogP contribution in [-0.2, 0) is 4.79 Å². The fourth-order valence-corrected chi connectivity index (χ4v) is 3.45. The van der Waals surface area contributed by atoms with Gasteiger partial charge in [0.1, 0.15) is 6.04 Å². The highest BCUT2D eigenvalue weighted by atomic mass is 16.3. The van der Waals surface area contributed by atoms with Crippen LogP contribution >= 0.6 is 0 Å². The van der Waals surface area contributed by atoms with Gasteiger partial charge in [0.15, 0.2) is 0 Å². The Labute approximate surface area is 119 Å². The van der Waals surface area contributed by atoms with Gasteiger partial charge in [-0.15, -0.1) is 0 Å². The SMILES string of the molecule is CCC(C)C(NC(N)=O)C(=O)N1CC2CCC(O)C2C1. The van der Waals surface area contributed by atoms with Gasteiger partial charge in [0.2, 0.25) is 5.91 Å². The van der Waals surface area contributed by atoms with Crippen LogP contribution in [0.25, 0.3) is 0 Å². The lowest BCUT2D eigenvalue weighted by Gasteiger charge is -2.28. The number of hydrogen-bond acceptors (Lipinski definition) is 3. The van der Waals surface area contributed by atoms with Gasteiger partial charge in [0.25, 0.3) is 0 Å². The topological polar surface area (TPSA) is 95.7 Å². The van der Waals surface area contributed by atoms with Crippen molar-refractivity contribution in [3.05, 3.63) is 0 Å². The summed E-state index contributed by atoms with van der Waals surface area (Å²) in [6.07, 6.45) is 2.32. The molecule has 1 saturated heterocycles. The number of primary amides is 1. The molecule has 1 aliphatic carbocycles. The number of rotatable bonds is 4. The molecule has 0 aromatic rings. The summed E-state index contributed by atoms with van der Waals surface area (Å²) < 4.78 is 0. The molecule has 0 spiro atoms. The zero-order valence-electron chi connectivity index (χ0n) is 12.2. The molecule has 6 nitrogen and oxygen atoms in total. The average molecular weight is 283 g/mol. The van der Waals surface area contributed by atoms with Gasteiger partial charge < -0.3 is 21.1 Å². The predicted molar refractivity (Wildman–Crippen MR) is 74.8 cm³/mol. The van der Waals surface area contributed by atoms with Gasteiger partial charge >= 0.3 is 6.03 Å². The second kappa shape index (κ2) is 5.99. The number of amides is 3. The van der Waals surface area contributed by atoms with Crippen LogP contribution in [0, 0.1) is 17.8 Å². The number of likely N-dealkylation sites (tertiary alicyclic amines) is 1. The van der Waals surface area contributed by atoms with E-state index >= 15 is 0 Å². The van der Waals surface area contributed by atoms with E-state index in [1.165, 1.54) is 0 Å². The van der Waals surface area contributed by atoms with E-state index < -0.39 is 12.1 Å². The molecule has 0 aromatic heterocycles. The third-order valence-electron chi connectivity index (χ3n) is 4.91. The number of urea groups is 1. The smallest absolute Gasteiger partial charge is 0.312 e. The molecule has 2 rings (SSSR count). The molecular formula is C14H25N3O3. The molecule has 4 N–H and O–H groups in total. The molecule has 6 heteroatoms. The minimum Gasteiger partial charge on any atom is -0.393 e. The van der Waals surface area contributed by atoms with Crippen LogP contribution in [0.15, 0.2) is 0 Å². The number of aliphatic hydroxyl groups is 1.